The molecule has 0 amide bonds. The van der Waals surface area contributed by atoms with E-state index in [2.05, 4.69) is 28.1 Å². The molecule has 2 heterocycles. The molecular weight excluding hydrogens is 274 g/mol. The molecule has 0 saturated carbocycles. The summed E-state index contributed by atoms with van der Waals surface area (Å²) in [6.45, 7) is 4.73. The van der Waals surface area contributed by atoms with Gasteiger partial charge in [0.15, 0.2) is 0 Å². The molecule has 1 fully saturated rings. The lowest BCUT2D eigenvalue weighted by Crippen LogP contribution is -2.33. The van der Waals surface area contributed by atoms with Gasteiger partial charge in [0.2, 0.25) is 0 Å². The molecule has 0 unspecified atom stereocenters. The monoisotopic (exact) mass is 297 g/mol. The molecular formula is C18H23N3O. The van der Waals surface area contributed by atoms with Crippen molar-refractivity contribution >= 4 is 0 Å². The predicted molar refractivity (Wildman–Crippen MR) is 87.5 cm³/mol. The van der Waals surface area contributed by atoms with Gasteiger partial charge in [-0.15, -0.1) is 0 Å². The molecule has 1 atom stereocenters. The Balaban J connectivity index is 1.81. The van der Waals surface area contributed by atoms with Crippen LogP contribution in [0.1, 0.15) is 24.4 Å². The van der Waals surface area contributed by atoms with Crippen LogP contribution in [-0.2, 0) is 11.3 Å². The first-order chi connectivity index (χ1) is 10.8. The van der Waals surface area contributed by atoms with E-state index < -0.39 is 0 Å². The molecule has 0 aliphatic carbocycles. The Hall–Kier alpha value is -1.78. The van der Waals surface area contributed by atoms with Crippen molar-refractivity contribution in [1.29, 1.82) is 0 Å². The Bertz CT molecular complexity index is 615. The lowest BCUT2D eigenvalue weighted by atomic mass is 10.1. The normalized spacial score (nSPS) is 18.7. The highest BCUT2D eigenvalue weighted by atomic mass is 16.5. The number of methoxy groups -OCH3 is 1. The first-order valence-electron chi connectivity index (χ1n) is 7.89. The van der Waals surface area contributed by atoms with Crippen LogP contribution in [-0.4, -0.2) is 41.2 Å². The van der Waals surface area contributed by atoms with Gasteiger partial charge in [-0.2, -0.15) is 0 Å². The second kappa shape index (κ2) is 6.99. The van der Waals surface area contributed by atoms with Crippen molar-refractivity contribution in [2.45, 2.75) is 32.4 Å². The maximum atomic E-state index is 5.33. The molecule has 116 valence electrons. The summed E-state index contributed by atoms with van der Waals surface area (Å²) in [6, 6.07) is 12.8. The highest BCUT2D eigenvalue weighted by molar-refractivity contribution is 5.58. The third kappa shape index (κ3) is 3.51. The van der Waals surface area contributed by atoms with E-state index in [-0.39, 0.29) is 0 Å². The van der Waals surface area contributed by atoms with Crippen molar-refractivity contribution in [1.82, 2.24) is 14.9 Å². The van der Waals surface area contributed by atoms with Gasteiger partial charge >= 0.3 is 0 Å². The number of ether oxygens (including phenoxy) is 1. The third-order valence-electron chi connectivity index (χ3n) is 4.17. The minimum absolute atomic E-state index is 0.495. The molecule has 22 heavy (non-hydrogen) atoms. The van der Waals surface area contributed by atoms with E-state index >= 15 is 0 Å². The van der Waals surface area contributed by atoms with Crippen LogP contribution >= 0.6 is 0 Å². The molecule has 3 rings (SSSR count). The summed E-state index contributed by atoms with van der Waals surface area (Å²) < 4.78 is 5.33. The summed E-state index contributed by atoms with van der Waals surface area (Å²) in [5, 5.41) is 0. The van der Waals surface area contributed by atoms with Crippen LogP contribution in [0.5, 0.6) is 0 Å². The van der Waals surface area contributed by atoms with Crippen molar-refractivity contribution in [3.8, 4) is 11.3 Å². The quantitative estimate of drug-likeness (QED) is 0.850. The average molecular weight is 297 g/mol. The minimum Gasteiger partial charge on any atom is -0.383 e. The molecule has 4 nitrogen and oxygen atoms in total. The fraction of sp³-hybridized carbons (Fsp3) is 0.444. The second-order valence-corrected chi connectivity index (χ2v) is 5.90. The topological polar surface area (TPSA) is 38.2 Å². The van der Waals surface area contributed by atoms with E-state index in [1.165, 1.54) is 12.8 Å². The van der Waals surface area contributed by atoms with Crippen LogP contribution in [0, 0.1) is 6.92 Å². The molecule has 1 aromatic carbocycles. The second-order valence-electron chi connectivity index (χ2n) is 5.90. The number of hydrogen-bond acceptors (Lipinski definition) is 4. The number of likely N-dealkylation sites (tertiary alicyclic amines) is 1. The Morgan fingerprint density at radius 3 is 2.82 bits per heavy atom. The smallest absolute Gasteiger partial charge is 0.143 e. The summed E-state index contributed by atoms with van der Waals surface area (Å²) >= 11 is 0. The summed E-state index contributed by atoms with van der Waals surface area (Å²) in [5.74, 6) is 0.904. The van der Waals surface area contributed by atoms with Gasteiger partial charge < -0.3 is 4.74 Å². The van der Waals surface area contributed by atoms with Crippen molar-refractivity contribution in [3.05, 3.63) is 47.9 Å². The van der Waals surface area contributed by atoms with Crippen LogP contribution in [0.15, 0.2) is 36.4 Å². The predicted octanol–water partition coefficient (Wildman–Crippen LogP) is 3.06. The van der Waals surface area contributed by atoms with Gasteiger partial charge in [0.05, 0.1) is 18.8 Å². The third-order valence-corrected chi connectivity index (χ3v) is 4.17. The lowest BCUT2D eigenvalue weighted by Gasteiger charge is -2.23. The van der Waals surface area contributed by atoms with Gasteiger partial charge in [-0.1, -0.05) is 30.3 Å². The van der Waals surface area contributed by atoms with Crippen molar-refractivity contribution < 1.29 is 4.74 Å². The Kier molecular flexibility index (Phi) is 4.80. The van der Waals surface area contributed by atoms with Crippen LogP contribution in [0.25, 0.3) is 11.3 Å². The highest BCUT2D eigenvalue weighted by Crippen LogP contribution is 2.21. The molecule has 1 aliphatic rings. The SMILES string of the molecule is COC[C@@H]1CCCN1Cc1nc(C)cc(-c2ccccc2)n1. The van der Waals surface area contributed by atoms with Crippen molar-refractivity contribution in [2.24, 2.45) is 0 Å². The largest absolute Gasteiger partial charge is 0.383 e. The van der Waals surface area contributed by atoms with Gasteiger partial charge in [0.25, 0.3) is 0 Å². The lowest BCUT2D eigenvalue weighted by molar-refractivity contribution is 0.110. The molecule has 0 spiro atoms. The zero-order valence-corrected chi connectivity index (χ0v) is 13.3. The van der Waals surface area contributed by atoms with E-state index in [0.29, 0.717) is 6.04 Å². The van der Waals surface area contributed by atoms with Gasteiger partial charge in [0.1, 0.15) is 5.82 Å². The Morgan fingerprint density at radius 1 is 1.23 bits per heavy atom. The maximum Gasteiger partial charge on any atom is 0.143 e. The van der Waals surface area contributed by atoms with E-state index in [9.17, 15) is 0 Å². The molecule has 4 heteroatoms. The maximum absolute atomic E-state index is 5.33. The summed E-state index contributed by atoms with van der Waals surface area (Å²) in [6.07, 6.45) is 2.43. The Morgan fingerprint density at radius 2 is 2.05 bits per heavy atom. The molecule has 0 bridgehead atoms. The van der Waals surface area contributed by atoms with E-state index in [1.54, 1.807) is 7.11 Å². The standard InChI is InChI=1S/C18H23N3O/c1-14-11-17(15-7-4-3-5-8-15)20-18(19-14)12-21-10-6-9-16(21)13-22-2/h3-5,7-8,11,16H,6,9-10,12-13H2,1-2H3/t16-/m0/s1. The van der Waals surface area contributed by atoms with Gasteiger partial charge in [-0.05, 0) is 32.4 Å². The van der Waals surface area contributed by atoms with Crippen LogP contribution in [0.3, 0.4) is 0 Å². The zero-order chi connectivity index (χ0) is 15.4. The molecule has 1 aromatic heterocycles. The molecule has 2 aromatic rings. The first kappa shape index (κ1) is 15.1. The summed E-state index contributed by atoms with van der Waals surface area (Å²) in [5.41, 5.74) is 3.17. The van der Waals surface area contributed by atoms with Gasteiger partial charge in [0, 0.05) is 24.4 Å². The highest BCUT2D eigenvalue weighted by Gasteiger charge is 2.25. The summed E-state index contributed by atoms with van der Waals surface area (Å²) in [4.78, 5) is 11.8. The molecule has 1 saturated heterocycles. The number of nitrogens with zero attached hydrogens (tertiary/aromatic N) is 3. The fourth-order valence-corrected chi connectivity index (χ4v) is 3.12. The van der Waals surface area contributed by atoms with Gasteiger partial charge in [-0.3, -0.25) is 4.90 Å². The van der Waals surface area contributed by atoms with Gasteiger partial charge in [-0.25, -0.2) is 9.97 Å². The van der Waals surface area contributed by atoms with Crippen molar-refractivity contribution in [2.75, 3.05) is 20.3 Å². The van der Waals surface area contributed by atoms with Crippen LogP contribution in [0.2, 0.25) is 0 Å². The fourth-order valence-electron chi connectivity index (χ4n) is 3.12. The van der Waals surface area contributed by atoms with E-state index in [0.717, 1.165) is 42.5 Å². The zero-order valence-electron chi connectivity index (χ0n) is 13.3. The summed E-state index contributed by atoms with van der Waals surface area (Å²) in [7, 11) is 1.77. The van der Waals surface area contributed by atoms with E-state index in [1.807, 2.05) is 25.1 Å². The minimum atomic E-state index is 0.495. The number of rotatable bonds is 5. The number of aromatic nitrogens is 2. The van der Waals surface area contributed by atoms with Crippen LogP contribution in [0.4, 0.5) is 0 Å². The number of benzene rings is 1. The molecule has 0 radical (unpaired) electrons. The van der Waals surface area contributed by atoms with E-state index in [4.69, 9.17) is 9.72 Å². The molecule has 1 aliphatic heterocycles. The Labute approximate surface area is 132 Å². The van der Waals surface area contributed by atoms with Crippen molar-refractivity contribution in [3.63, 3.8) is 0 Å². The number of hydrogen-bond donors (Lipinski definition) is 0. The average Bonchev–Trinajstić information content (AvgIpc) is 2.95. The molecule has 0 N–H and O–H groups in total. The number of aryl methyl sites for hydroxylation is 1. The first-order valence-corrected chi connectivity index (χ1v) is 7.89. The van der Waals surface area contributed by atoms with Crippen LogP contribution < -0.4 is 0 Å².